The predicted molar refractivity (Wildman–Crippen MR) is 65.0 cm³/mol. The average Bonchev–Trinajstić information content (AvgIpc) is 2.83. The molecule has 0 spiro atoms. The molecule has 90 valence electrons. The monoisotopic (exact) mass is 252 g/mol. The van der Waals surface area contributed by atoms with Crippen LogP contribution in [0.1, 0.15) is 17.3 Å². The van der Waals surface area contributed by atoms with E-state index < -0.39 is 0 Å². The fraction of sp³-hybridized carbons (Fsp3) is 0.273. The van der Waals surface area contributed by atoms with Gasteiger partial charge >= 0.3 is 0 Å². The normalized spacial score (nSPS) is 12.4. The number of benzene rings is 1. The van der Waals surface area contributed by atoms with E-state index in [1.165, 1.54) is 0 Å². The van der Waals surface area contributed by atoms with Crippen LogP contribution in [-0.2, 0) is 6.42 Å². The van der Waals surface area contributed by atoms with E-state index in [1.54, 1.807) is 19.4 Å². The van der Waals surface area contributed by atoms with Crippen molar-refractivity contribution in [1.29, 1.82) is 0 Å². The summed E-state index contributed by atoms with van der Waals surface area (Å²) in [5.41, 5.74) is 7.69. The number of nitrogens with one attached hydrogen (secondary N) is 1. The second kappa shape index (κ2) is 5.16. The number of methoxy groups -OCH3 is 1. The first-order valence-electron chi connectivity index (χ1n) is 5.14. The van der Waals surface area contributed by atoms with Crippen molar-refractivity contribution in [3.63, 3.8) is 0 Å². The molecule has 0 bridgehead atoms. The number of aromatic amines is 1. The zero-order chi connectivity index (χ0) is 12.3. The van der Waals surface area contributed by atoms with Crippen LogP contribution in [0.15, 0.2) is 24.4 Å². The zero-order valence-corrected chi connectivity index (χ0v) is 10.1. The molecule has 1 aromatic heterocycles. The van der Waals surface area contributed by atoms with E-state index in [1.807, 2.05) is 12.1 Å². The van der Waals surface area contributed by atoms with Crippen LogP contribution in [0.2, 0.25) is 5.02 Å². The van der Waals surface area contributed by atoms with E-state index in [0.29, 0.717) is 17.1 Å². The van der Waals surface area contributed by atoms with Crippen LogP contribution >= 0.6 is 11.6 Å². The molecule has 1 aromatic carbocycles. The van der Waals surface area contributed by atoms with Crippen molar-refractivity contribution in [3.05, 3.63) is 40.7 Å². The summed E-state index contributed by atoms with van der Waals surface area (Å²) in [6.45, 7) is 0. The molecule has 2 aromatic rings. The number of hydrogen-bond acceptors (Lipinski definition) is 4. The summed E-state index contributed by atoms with van der Waals surface area (Å²) >= 11 is 5.95. The summed E-state index contributed by atoms with van der Waals surface area (Å²) in [6.07, 6.45) is 2.21. The van der Waals surface area contributed by atoms with E-state index in [0.717, 1.165) is 11.3 Å². The van der Waals surface area contributed by atoms with Gasteiger partial charge in [-0.2, -0.15) is 15.4 Å². The minimum atomic E-state index is -0.235. The molecular weight excluding hydrogens is 240 g/mol. The lowest BCUT2D eigenvalue weighted by molar-refractivity contribution is 0.408. The van der Waals surface area contributed by atoms with Crippen LogP contribution in [0, 0.1) is 0 Å². The van der Waals surface area contributed by atoms with E-state index >= 15 is 0 Å². The van der Waals surface area contributed by atoms with Crippen LogP contribution < -0.4 is 10.5 Å². The van der Waals surface area contributed by atoms with Crippen molar-refractivity contribution in [2.75, 3.05) is 7.11 Å². The number of halogens is 1. The third kappa shape index (κ3) is 2.75. The molecule has 0 fully saturated rings. The van der Waals surface area contributed by atoms with Gasteiger partial charge in [0.15, 0.2) is 0 Å². The smallest absolute Gasteiger partial charge is 0.122 e. The Labute approximate surface area is 104 Å². The maximum atomic E-state index is 6.02. The van der Waals surface area contributed by atoms with Gasteiger partial charge in [-0.05, 0) is 30.2 Å². The Morgan fingerprint density at radius 2 is 2.35 bits per heavy atom. The second-order valence-corrected chi connectivity index (χ2v) is 4.10. The number of ether oxygens (including phenoxy) is 1. The molecule has 5 nitrogen and oxygen atoms in total. The van der Waals surface area contributed by atoms with Gasteiger partial charge in [-0.3, -0.25) is 0 Å². The van der Waals surface area contributed by atoms with Gasteiger partial charge in [0.2, 0.25) is 0 Å². The van der Waals surface area contributed by atoms with Crippen LogP contribution in [-0.4, -0.2) is 22.5 Å². The highest BCUT2D eigenvalue weighted by atomic mass is 35.5. The average molecular weight is 253 g/mol. The molecular formula is C11H13ClN4O. The van der Waals surface area contributed by atoms with Gasteiger partial charge in [-0.15, -0.1) is 0 Å². The van der Waals surface area contributed by atoms with Crippen molar-refractivity contribution in [2.24, 2.45) is 5.73 Å². The molecule has 0 radical (unpaired) electrons. The summed E-state index contributed by atoms with van der Waals surface area (Å²) in [4.78, 5) is 0. The summed E-state index contributed by atoms with van der Waals surface area (Å²) in [7, 11) is 1.62. The lowest BCUT2D eigenvalue weighted by Crippen LogP contribution is -2.14. The quantitative estimate of drug-likeness (QED) is 0.869. The van der Waals surface area contributed by atoms with Crippen LogP contribution in [0.5, 0.6) is 5.75 Å². The molecule has 0 aliphatic heterocycles. The molecule has 6 heteroatoms. The van der Waals surface area contributed by atoms with Gasteiger partial charge in [0, 0.05) is 5.02 Å². The first kappa shape index (κ1) is 11.9. The summed E-state index contributed by atoms with van der Waals surface area (Å²) in [6, 6.07) is 5.22. The first-order valence-corrected chi connectivity index (χ1v) is 5.52. The molecule has 1 atom stereocenters. The fourth-order valence-corrected chi connectivity index (χ4v) is 1.83. The molecule has 3 N–H and O–H groups in total. The van der Waals surface area contributed by atoms with Gasteiger partial charge in [0.25, 0.3) is 0 Å². The Balaban J connectivity index is 2.20. The molecule has 0 amide bonds. The van der Waals surface area contributed by atoms with E-state index in [-0.39, 0.29) is 6.04 Å². The molecule has 0 aliphatic rings. The van der Waals surface area contributed by atoms with E-state index in [4.69, 9.17) is 22.1 Å². The van der Waals surface area contributed by atoms with Gasteiger partial charge in [0.1, 0.15) is 5.75 Å². The minimum absolute atomic E-state index is 0.235. The molecule has 1 unspecified atom stereocenters. The highest BCUT2D eigenvalue weighted by Crippen LogP contribution is 2.26. The highest BCUT2D eigenvalue weighted by molar-refractivity contribution is 6.30. The number of nitrogens with zero attached hydrogens (tertiary/aromatic N) is 2. The number of H-pyrrole nitrogens is 1. The topological polar surface area (TPSA) is 76.8 Å². The molecule has 1 heterocycles. The Morgan fingerprint density at radius 1 is 1.53 bits per heavy atom. The maximum Gasteiger partial charge on any atom is 0.122 e. The Bertz CT molecular complexity index is 486. The third-order valence-corrected chi connectivity index (χ3v) is 2.73. The Hall–Kier alpha value is -1.59. The highest BCUT2D eigenvalue weighted by Gasteiger charge is 2.13. The zero-order valence-electron chi connectivity index (χ0n) is 9.35. The van der Waals surface area contributed by atoms with E-state index in [9.17, 15) is 0 Å². The first-order chi connectivity index (χ1) is 8.20. The largest absolute Gasteiger partial charge is 0.496 e. The summed E-state index contributed by atoms with van der Waals surface area (Å²) in [5.74, 6) is 0.772. The Kier molecular flexibility index (Phi) is 3.61. The standard InChI is InChI=1S/C11H13ClN4O/c1-17-11-3-2-8(12)4-7(11)5-9(13)10-6-14-16-15-10/h2-4,6,9H,5,13H2,1H3,(H,14,15,16). The second-order valence-electron chi connectivity index (χ2n) is 3.66. The van der Waals surface area contributed by atoms with Crippen LogP contribution in [0.4, 0.5) is 0 Å². The van der Waals surface area contributed by atoms with Gasteiger partial charge in [-0.25, -0.2) is 0 Å². The molecule has 17 heavy (non-hydrogen) atoms. The summed E-state index contributed by atoms with van der Waals surface area (Å²) in [5, 5.41) is 10.9. The molecule has 0 aliphatic carbocycles. The SMILES string of the molecule is COc1ccc(Cl)cc1CC(N)c1cn[nH]n1. The molecule has 0 saturated heterocycles. The number of hydrogen-bond donors (Lipinski definition) is 2. The predicted octanol–water partition coefficient (Wildman–Crippen LogP) is 1.71. The van der Waals surface area contributed by atoms with Gasteiger partial charge in [0.05, 0.1) is 25.0 Å². The fourth-order valence-electron chi connectivity index (χ4n) is 1.64. The van der Waals surface area contributed by atoms with Crippen molar-refractivity contribution >= 4 is 11.6 Å². The van der Waals surface area contributed by atoms with Gasteiger partial charge in [-0.1, -0.05) is 11.6 Å². The number of nitrogens with two attached hydrogens (primary N) is 1. The van der Waals surface area contributed by atoms with Crippen molar-refractivity contribution in [3.8, 4) is 5.75 Å². The Morgan fingerprint density at radius 3 is 3.00 bits per heavy atom. The number of rotatable bonds is 4. The molecule has 0 saturated carbocycles. The summed E-state index contributed by atoms with van der Waals surface area (Å²) < 4.78 is 5.26. The lowest BCUT2D eigenvalue weighted by atomic mass is 10.0. The van der Waals surface area contributed by atoms with Crippen molar-refractivity contribution in [2.45, 2.75) is 12.5 Å². The van der Waals surface area contributed by atoms with Gasteiger partial charge < -0.3 is 10.5 Å². The lowest BCUT2D eigenvalue weighted by Gasteiger charge is -2.12. The minimum Gasteiger partial charge on any atom is -0.496 e. The van der Waals surface area contributed by atoms with Crippen molar-refractivity contribution < 1.29 is 4.74 Å². The van der Waals surface area contributed by atoms with E-state index in [2.05, 4.69) is 15.4 Å². The van der Waals surface area contributed by atoms with Crippen LogP contribution in [0.3, 0.4) is 0 Å². The molecule has 2 rings (SSSR count). The number of aromatic nitrogens is 3. The maximum absolute atomic E-state index is 6.02. The van der Waals surface area contributed by atoms with Crippen LogP contribution in [0.25, 0.3) is 0 Å². The third-order valence-electron chi connectivity index (χ3n) is 2.50. The van der Waals surface area contributed by atoms with Crippen molar-refractivity contribution in [1.82, 2.24) is 15.4 Å².